The molecule has 0 saturated carbocycles. The van der Waals surface area contributed by atoms with Crippen molar-refractivity contribution in [3.63, 3.8) is 0 Å². The van der Waals surface area contributed by atoms with E-state index in [4.69, 9.17) is 9.05 Å². The number of para-hydroxylation sites is 2. The highest BCUT2D eigenvalue weighted by Crippen LogP contribution is 2.34. The smallest absolute Gasteiger partial charge is 0.546 e. The molecule has 23 heavy (non-hydrogen) atoms. The Morgan fingerprint density at radius 1 is 0.696 bits per heavy atom. The van der Waals surface area contributed by atoms with E-state index in [1.54, 1.807) is 0 Å². The third-order valence-corrected chi connectivity index (χ3v) is 5.46. The SMILES string of the molecule is CC(C)[NH+](C(C)C)P(Oc1ccccc1)Oc1ccccc1.[Cl-]. The van der Waals surface area contributed by atoms with Gasteiger partial charge >= 0.3 is 8.53 Å². The molecule has 1 N–H and O–H groups in total. The van der Waals surface area contributed by atoms with Gasteiger partial charge in [0.1, 0.15) is 11.5 Å². The monoisotopic (exact) mass is 353 g/mol. The first-order chi connectivity index (χ1) is 10.6. The van der Waals surface area contributed by atoms with E-state index in [-0.39, 0.29) is 12.4 Å². The molecule has 3 nitrogen and oxygen atoms in total. The first kappa shape index (κ1) is 19.8. The lowest BCUT2D eigenvalue weighted by Crippen LogP contribution is -3.13. The normalized spacial score (nSPS) is 11.0. The Morgan fingerprint density at radius 3 is 1.35 bits per heavy atom. The molecule has 2 aromatic carbocycles. The second-order valence-electron chi connectivity index (χ2n) is 5.80. The maximum Gasteiger partial charge on any atom is 0.546 e. The van der Waals surface area contributed by atoms with Gasteiger partial charge in [0.05, 0.1) is 12.1 Å². The average molecular weight is 354 g/mol. The van der Waals surface area contributed by atoms with Crippen LogP contribution in [0.5, 0.6) is 11.5 Å². The third kappa shape index (κ3) is 6.02. The largest absolute Gasteiger partial charge is 1.00 e. The van der Waals surface area contributed by atoms with Crippen LogP contribution in [0.25, 0.3) is 0 Å². The van der Waals surface area contributed by atoms with E-state index in [1.807, 2.05) is 60.7 Å². The van der Waals surface area contributed by atoms with E-state index < -0.39 is 8.53 Å². The minimum atomic E-state index is -1.14. The van der Waals surface area contributed by atoms with Crippen LogP contribution >= 0.6 is 8.53 Å². The number of nitrogens with one attached hydrogen (secondary N) is 1. The predicted octanol–water partition coefficient (Wildman–Crippen LogP) is 1.08. The fourth-order valence-corrected chi connectivity index (χ4v) is 4.08. The Balaban J connectivity index is 0.00000264. The molecule has 5 heteroatoms. The summed E-state index contributed by atoms with van der Waals surface area (Å²) < 4.78 is 13.7. The maximum atomic E-state index is 6.21. The summed E-state index contributed by atoms with van der Waals surface area (Å²) in [5.74, 6) is 1.70. The van der Waals surface area contributed by atoms with Crippen molar-refractivity contribution in [2.24, 2.45) is 0 Å². The van der Waals surface area contributed by atoms with Crippen molar-refractivity contribution in [2.45, 2.75) is 39.8 Å². The Hall–Kier alpha value is -1.28. The zero-order valence-corrected chi connectivity index (χ0v) is 15.7. The van der Waals surface area contributed by atoms with Gasteiger partial charge in [-0.3, -0.25) is 0 Å². The third-order valence-electron chi connectivity index (χ3n) is 3.26. The molecule has 0 bridgehead atoms. The number of hydrogen-bond donors (Lipinski definition) is 1. The lowest BCUT2D eigenvalue weighted by Gasteiger charge is -2.30. The topological polar surface area (TPSA) is 22.9 Å². The van der Waals surface area contributed by atoms with Crippen molar-refractivity contribution in [3.05, 3.63) is 60.7 Å². The standard InChI is InChI=1S/C18H24NO2P.ClH/c1-15(2)19(16(3)4)22(20-17-11-7-5-8-12-17)21-18-13-9-6-10-14-18;/h5-16H,1-4H3;1H. The summed E-state index contributed by atoms with van der Waals surface area (Å²) in [7, 11) is -1.14. The van der Waals surface area contributed by atoms with Gasteiger partial charge in [0.2, 0.25) is 0 Å². The van der Waals surface area contributed by atoms with E-state index in [2.05, 4.69) is 27.7 Å². The van der Waals surface area contributed by atoms with Crippen LogP contribution in [-0.2, 0) is 0 Å². The Morgan fingerprint density at radius 2 is 1.04 bits per heavy atom. The van der Waals surface area contributed by atoms with Gasteiger partial charge in [0, 0.05) is 0 Å². The predicted molar refractivity (Wildman–Crippen MR) is 92.3 cm³/mol. The molecule has 0 spiro atoms. The van der Waals surface area contributed by atoms with Gasteiger partial charge in [0.25, 0.3) is 0 Å². The van der Waals surface area contributed by atoms with Crippen LogP contribution < -0.4 is 26.1 Å². The van der Waals surface area contributed by atoms with Gasteiger partial charge in [-0.2, -0.15) is 0 Å². The van der Waals surface area contributed by atoms with Gasteiger partial charge < -0.3 is 21.5 Å². The van der Waals surface area contributed by atoms with Crippen LogP contribution in [0.4, 0.5) is 0 Å². The molecule has 0 heterocycles. The first-order valence-electron chi connectivity index (χ1n) is 7.71. The van der Waals surface area contributed by atoms with Crippen molar-refractivity contribution in [3.8, 4) is 11.5 Å². The van der Waals surface area contributed by atoms with E-state index in [1.165, 1.54) is 4.67 Å². The van der Waals surface area contributed by atoms with E-state index >= 15 is 0 Å². The molecule has 2 aromatic rings. The number of hydrogen-bond acceptors (Lipinski definition) is 2. The lowest BCUT2D eigenvalue weighted by atomic mass is 10.3. The van der Waals surface area contributed by atoms with E-state index in [0.29, 0.717) is 12.1 Å². The van der Waals surface area contributed by atoms with Crippen LogP contribution in [0.15, 0.2) is 60.7 Å². The van der Waals surface area contributed by atoms with Crippen LogP contribution in [0, 0.1) is 0 Å². The Kier molecular flexibility index (Phi) is 8.40. The fraction of sp³-hybridized carbons (Fsp3) is 0.333. The van der Waals surface area contributed by atoms with Crippen LogP contribution in [0.2, 0.25) is 0 Å². The number of benzene rings is 2. The number of quaternary nitrogens is 1. The Labute approximate surface area is 147 Å². The van der Waals surface area contributed by atoms with Gasteiger partial charge in [0.15, 0.2) is 0 Å². The molecule has 0 fully saturated rings. The van der Waals surface area contributed by atoms with Gasteiger partial charge in [-0.1, -0.05) is 36.4 Å². The molecule has 0 aliphatic heterocycles. The molecular formula is C18H25ClNO2P. The van der Waals surface area contributed by atoms with E-state index in [9.17, 15) is 0 Å². The zero-order chi connectivity index (χ0) is 15.9. The molecule has 126 valence electrons. The number of rotatable bonds is 7. The summed E-state index contributed by atoms with van der Waals surface area (Å²) in [5, 5.41) is 0. The summed E-state index contributed by atoms with van der Waals surface area (Å²) in [6, 6.07) is 20.6. The van der Waals surface area contributed by atoms with Crippen LogP contribution in [0.1, 0.15) is 27.7 Å². The molecule has 0 aromatic heterocycles. The van der Waals surface area contributed by atoms with E-state index in [0.717, 1.165) is 11.5 Å². The summed E-state index contributed by atoms with van der Waals surface area (Å²) in [4.78, 5) is 0. The highest BCUT2D eigenvalue weighted by Gasteiger charge is 2.36. The Bertz CT molecular complexity index is 502. The van der Waals surface area contributed by atoms with Crippen molar-refractivity contribution < 1.29 is 26.1 Å². The molecule has 0 aliphatic carbocycles. The molecule has 0 saturated heterocycles. The van der Waals surface area contributed by atoms with Gasteiger partial charge in [-0.05, 0) is 52.0 Å². The summed E-state index contributed by atoms with van der Waals surface area (Å²) in [5.41, 5.74) is 0. The van der Waals surface area contributed by atoms with Crippen LogP contribution in [-0.4, -0.2) is 12.1 Å². The van der Waals surface area contributed by atoms with Crippen molar-refractivity contribution in [1.29, 1.82) is 0 Å². The molecule has 0 aliphatic rings. The molecular weight excluding hydrogens is 329 g/mol. The fourth-order valence-electron chi connectivity index (χ4n) is 2.37. The first-order valence-corrected chi connectivity index (χ1v) is 8.88. The van der Waals surface area contributed by atoms with Gasteiger partial charge in [-0.25, -0.2) is 4.67 Å². The second-order valence-corrected chi connectivity index (χ2v) is 7.20. The number of halogens is 1. The molecule has 2 rings (SSSR count). The maximum absolute atomic E-state index is 6.21. The average Bonchev–Trinajstić information content (AvgIpc) is 2.48. The van der Waals surface area contributed by atoms with Crippen molar-refractivity contribution >= 4 is 8.53 Å². The zero-order valence-electron chi connectivity index (χ0n) is 14.1. The minimum absolute atomic E-state index is 0. The second kappa shape index (κ2) is 9.77. The highest BCUT2D eigenvalue weighted by atomic mass is 35.5. The highest BCUT2D eigenvalue weighted by molar-refractivity contribution is 7.40. The molecule has 0 atom stereocenters. The lowest BCUT2D eigenvalue weighted by molar-refractivity contribution is -0.826. The quantitative estimate of drug-likeness (QED) is 0.753. The van der Waals surface area contributed by atoms with Gasteiger partial charge in [-0.15, -0.1) is 0 Å². The molecule has 0 amide bonds. The molecule has 0 radical (unpaired) electrons. The summed E-state index contributed by atoms with van der Waals surface area (Å²) in [6.45, 7) is 8.81. The van der Waals surface area contributed by atoms with Crippen molar-refractivity contribution in [2.75, 3.05) is 0 Å². The van der Waals surface area contributed by atoms with Crippen molar-refractivity contribution in [1.82, 2.24) is 0 Å². The summed E-state index contributed by atoms with van der Waals surface area (Å²) >= 11 is 0. The summed E-state index contributed by atoms with van der Waals surface area (Å²) in [6.07, 6.45) is 0. The minimum Gasteiger partial charge on any atom is -1.00 e. The molecule has 0 unspecified atom stereocenters. The van der Waals surface area contributed by atoms with Crippen LogP contribution in [0.3, 0.4) is 0 Å².